The first-order chi connectivity index (χ1) is 10.1. The van der Waals surface area contributed by atoms with E-state index in [2.05, 4.69) is 0 Å². The van der Waals surface area contributed by atoms with Gasteiger partial charge in [-0.05, 0) is 6.07 Å². The Hall–Kier alpha value is -2.17. The SMILES string of the molecule is O=C1CC(CS(=O)(=O)F)CN1c1c(F)ccc([N+](=O)[O-])c1F. The maximum absolute atomic E-state index is 14.0. The van der Waals surface area contributed by atoms with Gasteiger partial charge in [-0.25, -0.2) is 4.39 Å². The van der Waals surface area contributed by atoms with Crippen LogP contribution in [0.5, 0.6) is 0 Å². The average molecular weight is 338 g/mol. The number of nitrogens with zero attached hydrogens (tertiary/aromatic N) is 2. The minimum Gasteiger partial charge on any atom is -0.307 e. The molecule has 0 aromatic heterocycles. The van der Waals surface area contributed by atoms with Crippen LogP contribution in [0.25, 0.3) is 0 Å². The van der Waals surface area contributed by atoms with E-state index in [1.165, 1.54) is 0 Å². The summed E-state index contributed by atoms with van der Waals surface area (Å²) in [4.78, 5) is 21.9. The van der Waals surface area contributed by atoms with E-state index < -0.39 is 68.7 Å². The van der Waals surface area contributed by atoms with E-state index >= 15 is 0 Å². The molecular formula is C11H9F3N2O5S. The molecule has 120 valence electrons. The second-order valence-electron chi connectivity index (χ2n) is 4.77. The number of hydrogen-bond acceptors (Lipinski definition) is 5. The summed E-state index contributed by atoms with van der Waals surface area (Å²) in [6.07, 6.45) is -0.426. The van der Waals surface area contributed by atoms with Gasteiger partial charge in [-0.3, -0.25) is 14.9 Å². The summed E-state index contributed by atoms with van der Waals surface area (Å²) in [5.74, 6) is -5.54. The van der Waals surface area contributed by atoms with Crippen molar-refractivity contribution in [1.29, 1.82) is 0 Å². The third-order valence-corrected chi connectivity index (χ3v) is 4.02. The van der Waals surface area contributed by atoms with Gasteiger partial charge in [0.15, 0.2) is 0 Å². The molecule has 2 rings (SSSR count). The fraction of sp³-hybridized carbons (Fsp3) is 0.364. The van der Waals surface area contributed by atoms with Crippen LogP contribution < -0.4 is 4.90 Å². The Labute approximate surface area is 122 Å². The van der Waals surface area contributed by atoms with Gasteiger partial charge in [0.25, 0.3) is 0 Å². The maximum atomic E-state index is 14.0. The molecule has 11 heteroatoms. The fourth-order valence-corrected chi connectivity index (χ4v) is 3.10. The minimum atomic E-state index is -4.85. The van der Waals surface area contributed by atoms with Crippen molar-refractivity contribution in [2.75, 3.05) is 17.2 Å². The van der Waals surface area contributed by atoms with Gasteiger partial charge in [0.05, 0.1) is 10.7 Å². The predicted octanol–water partition coefficient (Wildman–Crippen LogP) is 1.53. The third-order valence-electron chi connectivity index (χ3n) is 3.15. The molecule has 0 radical (unpaired) electrons. The first-order valence-electron chi connectivity index (χ1n) is 5.95. The van der Waals surface area contributed by atoms with Gasteiger partial charge in [0.1, 0.15) is 11.5 Å². The van der Waals surface area contributed by atoms with E-state index in [0.29, 0.717) is 17.0 Å². The third kappa shape index (κ3) is 3.18. The molecule has 1 aromatic carbocycles. The number of halogens is 3. The van der Waals surface area contributed by atoms with Crippen LogP contribution in [0.15, 0.2) is 12.1 Å². The molecular weight excluding hydrogens is 329 g/mol. The Morgan fingerprint density at radius 2 is 2.00 bits per heavy atom. The van der Waals surface area contributed by atoms with E-state index in [1.807, 2.05) is 0 Å². The maximum Gasteiger partial charge on any atom is 0.307 e. The Morgan fingerprint density at radius 3 is 2.55 bits per heavy atom. The van der Waals surface area contributed by atoms with Crippen LogP contribution in [0.1, 0.15) is 6.42 Å². The standard InChI is InChI=1S/C11H9F3N2O5S/c12-7-1-2-8(16(18)19)10(13)11(7)15-4-6(3-9(15)17)5-22(14,20)21/h1-2,6H,3-5H2. The summed E-state index contributed by atoms with van der Waals surface area (Å²) < 4.78 is 61.5. The van der Waals surface area contributed by atoms with E-state index in [9.17, 15) is 36.0 Å². The highest BCUT2D eigenvalue weighted by molar-refractivity contribution is 7.86. The van der Waals surface area contributed by atoms with Crippen LogP contribution in [0, 0.1) is 27.7 Å². The molecule has 0 saturated carbocycles. The highest BCUT2D eigenvalue weighted by atomic mass is 32.3. The van der Waals surface area contributed by atoms with Crippen molar-refractivity contribution in [3.63, 3.8) is 0 Å². The van der Waals surface area contributed by atoms with Gasteiger partial charge in [-0.15, -0.1) is 3.89 Å². The molecule has 1 fully saturated rings. The first-order valence-corrected chi connectivity index (χ1v) is 7.50. The quantitative estimate of drug-likeness (QED) is 0.471. The van der Waals surface area contributed by atoms with Crippen molar-refractivity contribution in [3.8, 4) is 0 Å². The molecule has 0 spiro atoms. The zero-order chi connectivity index (χ0) is 16.7. The Kier molecular flexibility index (Phi) is 4.09. The van der Waals surface area contributed by atoms with E-state index in [0.717, 1.165) is 0 Å². The summed E-state index contributed by atoms with van der Waals surface area (Å²) in [5, 5.41) is 10.6. The largest absolute Gasteiger partial charge is 0.307 e. The van der Waals surface area contributed by atoms with Crippen LogP contribution in [-0.4, -0.2) is 31.5 Å². The monoisotopic (exact) mass is 338 g/mol. The fourth-order valence-electron chi connectivity index (χ4n) is 2.31. The van der Waals surface area contributed by atoms with Gasteiger partial charge in [0.2, 0.25) is 11.7 Å². The first kappa shape index (κ1) is 16.2. The van der Waals surface area contributed by atoms with Gasteiger partial charge in [-0.2, -0.15) is 12.8 Å². The molecule has 1 aliphatic rings. The van der Waals surface area contributed by atoms with Gasteiger partial charge >= 0.3 is 15.9 Å². The number of anilines is 1. The Morgan fingerprint density at radius 1 is 1.36 bits per heavy atom. The van der Waals surface area contributed by atoms with Crippen LogP contribution >= 0.6 is 0 Å². The number of benzene rings is 1. The molecule has 0 bridgehead atoms. The van der Waals surface area contributed by atoms with Crippen molar-refractivity contribution in [2.24, 2.45) is 5.92 Å². The predicted molar refractivity (Wildman–Crippen MR) is 68.4 cm³/mol. The smallest absolute Gasteiger partial charge is 0.307 e. The Balaban J connectivity index is 2.38. The molecule has 0 aliphatic carbocycles. The second kappa shape index (κ2) is 5.55. The van der Waals surface area contributed by atoms with Crippen LogP contribution in [0.2, 0.25) is 0 Å². The average Bonchev–Trinajstić information content (AvgIpc) is 2.67. The minimum absolute atomic E-state index is 0.426. The lowest BCUT2D eigenvalue weighted by molar-refractivity contribution is -0.387. The highest BCUT2D eigenvalue weighted by Crippen LogP contribution is 2.34. The lowest BCUT2D eigenvalue weighted by Crippen LogP contribution is -2.27. The number of nitro groups is 1. The number of nitro benzene ring substituents is 1. The van der Waals surface area contributed by atoms with Crippen molar-refractivity contribution < 1.29 is 30.8 Å². The molecule has 1 heterocycles. The van der Waals surface area contributed by atoms with E-state index in [4.69, 9.17) is 0 Å². The molecule has 1 saturated heterocycles. The summed E-state index contributed by atoms with van der Waals surface area (Å²) in [6, 6.07) is 1.24. The van der Waals surface area contributed by atoms with E-state index in [-0.39, 0.29) is 0 Å². The molecule has 7 nitrogen and oxygen atoms in total. The van der Waals surface area contributed by atoms with Crippen molar-refractivity contribution in [3.05, 3.63) is 33.9 Å². The zero-order valence-electron chi connectivity index (χ0n) is 10.8. The van der Waals surface area contributed by atoms with Crippen molar-refractivity contribution in [1.82, 2.24) is 0 Å². The molecule has 22 heavy (non-hydrogen) atoms. The summed E-state index contributed by atoms with van der Waals surface area (Å²) >= 11 is 0. The van der Waals surface area contributed by atoms with Crippen LogP contribution in [0.4, 0.5) is 24.0 Å². The molecule has 1 atom stereocenters. The molecule has 1 unspecified atom stereocenters. The number of rotatable bonds is 4. The number of carbonyl (C=O) groups excluding carboxylic acids is 1. The lowest BCUT2D eigenvalue weighted by atomic mass is 10.1. The molecule has 1 amide bonds. The van der Waals surface area contributed by atoms with Gasteiger partial charge in [-0.1, -0.05) is 0 Å². The van der Waals surface area contributed by atoms with E-state index in [1.54, 1.807) is 0 Å². The van der Waals surface area contributed by atoms with Crippen molar-refractivity contribution in [2.45, 2.75) is 6.42 Å². The van der Waals surface area contributed by atoms with Gasteiger partial charge in [0, 0.05) is 24.9 Å². The lowest BCUT2D eigenvalue weighted by Gasteiger charge is -2.17. The summed E-state index contributed by atoms with van der Waals surface area (Å²) in [5.41, 5.74) is -1.95. The van der Waals surface area contributed by atoms with Gasteiger partial charge < -0.3 is 4.90 Å². The summed E-state index contributed by atoms with van der Waals surface area (Å²) in [6.45, 7) is -0.447. The summed E-state index contributed by atoms with van der Waals surface area (Å²) in [7, 11) is -4.85. The Bertz CT molecular complexity index is 752. The molecule has 1 aromatic rings. The molecule has 1 aliphatic heterocycles. The number of amides is 1. The normalized spacial score (nSPS) is 18.8. The topological polar surface area (TPSA) is 97.6 Å². The number of carbonyl (C=O) groups is 1. The van der Waals surface area contributed by atoms with Crippen LogP contribution in [0.3, 0.4) is 0 Å². The highest BCUT2D eigenvalue weighted by Gasteiger charge is 2.37. The number of hydrogen-bond donors (Lipinski definition) is 0. The zero-order valence-corrected chi connectivity index (χ0v) is 11.6. The second-order valence-corrected chi connectivity index (χ2v) is 6.18. The van der Waals surface area contributed by atoms with Crippen molar-refractivity contribution >= 4 is 27.5 Å². The van der Waals surface area contributed by atoms with Crippen LogP contribution in [-0.2, 0) is 15.0 Å². The molecule has 0 N–H and O–H groups in total.